The number of aromatic nitrogens is 1. The summed E-state index contributed by atoms with van der Waals surface area (Å²) < 4.78 is 0. The molecule has 0 aromatic carbocycles. The van der Waals surface area contributed by atoms with Crippen molar-refractivity contribution in [1.82, 2.24) is 10.3 Å². The summed E-state index contributed by atoms with van der Waals surface area (Å²) in [5.41, 5.74) is 1.20. The van der Waals surface area contributed by atoms with E-state index in [1.165, 1.54) is 22.0 Å². The Balaban J connectivity index is 2.22. The third-order valence-corrected chi connectivity index (χ3v) is 4.06. The molecule has 0 saturated carbocycles. The predicted molar refractivity (Wildman–Crippen MR) is 76.8 cm³/mol. The molecule has 1 rings (SSSR count). The normalized spacial score (nSPS) is 13.3. The molecule has 0 amide bonds. The molecule has 0 aliphatic rings. The van der Waals surface area contributed by atoms with Gasteiger partial charge in [0.2, 0.25) is 0 Å². The topological polar surface area (TPSA) is 24.9 Å². The van der Waals surface area contributed by atoms with Crippen LogP contribution in [-0.4, -0.2) is 18.1 Å². The molecule has 0 bridgehead atoms. The Hall–Kier alpha value is -0.410. The lowest BCUT2D eigenvalue weighted by atomic mass is 10.0. The van der Waals surface area contributed by atoms with Gasteiger partial charge in [0.1, 0.15) is 0 Å². The van der Waals surface area contributed by atoms with Crippen molar-refractivity contribution in [2.45, 2.75) is 47.5 Å². The Morgan fingerprint density at radius 1 is 1.24 bits per heavy atom. The molecule has 2 nitrogen and oxygen atoms in total. The molecular formula is C14H26N2S. The van der Waals surface area contributed by atoms with E-state index in [4.69, 9.17) is 0 Å². The van der Waals surface area contributed by atoms with Crippen molar-refractivity contribution < 1.29 is 0 Å². The van der Waals surface area contributed by atoms with Crippen LogP contribution < -0.4 is 5.32 Å². The van der Waals surface area contributed by atoms with Crippen LogP contribution in [-0.2, 0) is 6.42 Å². The lowest BCUT2D eigenvalue weighted by molar-refractivity contribution is 0.473. The first-order chi connectivity index (χ1) is 7.99. The zero-order valence-corrected chi connectivity index (χ0v) is 12.7. The van der Waals surface area contributed by atoms with Crippen molar-refractivity contribution in [3.63, 3.8) is 0 Å². The molecule has 0 radical (unpaired) electrons. The van der Waals surface area contributed by atoms with Crippen molar-refractivity contribution in [2.75, 3.05) is 13.1 Å². The van der Waals surface area contributed by atoms with E-state index in [0.29, 0.717) is 0 Å². The fourth-order valence-corrected chi connectivity index (χ4v) is 2.86. The molecule has 98 valence electrons. The number of nitrogens with zero attached hydrogens (tertiary/aromatic N) is 1. The molecule has 1 unspecified atom stereocenters. The van der Waals surface area contributed by atoms with Gasteiger partial charge < -0.3 is 5.32 Å². The quantitative estimate of drug-likeness (QED) is 0.752. The average Bonchev–Trinajstić information content (AvgIpc) is 2.52. The second-order valence-electron chi connectivity index (χ2n) is 5.45. The number of rotatable bonds is 7. The Kier molecular flexibility index (Phi) is 6.14. The summed E-state index contributed by atoms with van der Waals surface area (Å²) in [6.45, 7) is 13.3. The van der Waals surface area contributed by atoms with Crippen LogP contribution in [0.1, 0.15) is 42.8 Å². The maximum Gasteiger partial charge on any atom is 0.0933 e. The van der Waals surface area contributed by atoms with E-state index < -0.39 is 0 Å². The van der Waals surface area contributed by atoms with Crippen LogP contribution in [0.25, 0.3) is 0 Å². The summed E-state index contributed by atoms with van der Waals surface area (Å²) in [6, 6.07) is 0. The minimum atomic E-state index is 0.722. The molecule has 0 spiro atoms. The number of hydrogen-bond donors (Lipinski definition) is 1. The van der Waals surface area contributed by atoms with E-state index in [9.17, 15) is 0 Å². The van der Waals surface area contributed by atoms with E-state index in [1.807, 2.05) is 11.3 Å². The number of hydrogen-bond acceptors (Lipinski definition) is 3. The average molecular weight is 254 g/mol. The molecule has 17 heavy (non-hydrogen) atoms. The van der Waals surface area contributed by atoms with Crippen molar-refractivity contribution in [3.8, 4) is 0 Å². The van der Waals surface area contributed by atoms with Crippen molar-refractivity contribution >= 4 is 11.3 Å². The molecule has 1 aromatic heterocycles. The number of thiazole rings is 1. The van der Waals surface area contributed by atoms with Gasteiger partial charge in [-0.1, -0.05) is 20.8 Å². The van der Waals surface area contributed by atoms with E-state index >= 15 is 0 Å². The SMILES string of the molecule is Cc1nc(CC(C)CCNCC(C)C)sc1C. The molecule has 0 aliphatic heterocycles. The van der Waals surface area contributed by atoms with Crippen LogP contribution in [0, 0.1) is 25.7 Å². The summed E-state index contributed by atoms with van der Waals surface area (Å²) in [5, 5.41) is 4.80. The highest BCUT2D eigenvalue weighted by Crippen LogP contribution is 2.20. The predicted octanol–water partition coefficient (Wildman–Crippen LogP) is 3.57. The molecule has 1 N–H and O–H groups in total. The third kappa shape index (κ3) is 5.64. The Bertz CT molecular complexity index is 311. The zero-order chi connectivity index (χ0) is 12.8. The summed E-state index contributed by atoms with van der Waals surface area (Å²) in [6.07, 6.45) is 2.37. The minimum Gasteiger partial charge on any atom is -0.316 e. The summed E-state index contributed by atoms with van der Waals surface area (Å²) in [5.74, 6) is 1.47. The first-order valence-corrected chi connectivity index (χ1v) is 7.44. The number of nitrogens with one attached hydrogen (secondary N) is 1. The lowest BCUT2D eigenvalue weighted by Gasteiger charge is -2.11. The number of aryl methyl sites for hydroxylation is 2. The summed E-state index contributed by atoms with van der Waals surface area (Å²) in [4.78, 5) is 5.97. The van der Waals surface area contributed by atoms with Crippen LogP contribution in [0.2, 0.25) is 0 Å². The molecule has 1 atom stereocenters. The summed E-state index contributed by atoms with van der Waals surface area (Å²) >= 11 is 1.86. The van der Waals surface area contributed by atoms with Crippen molar-refractivity contribution in [1.29, 1.82) is 0 Å². The van der Waals surface area contributed by atoms with Gasteiger partial charge in [-0.3, -0.25) is 0 Å². The fourth-order valence-electron chi connectivity index (χ4n) is 1.77. The highest BCUT2D eigenvalue weighted by molar-refractivity contribution is 7.11. The molecule has 0 aliphatic carbocycles. The largest absolute Gasteiger partial charge is 0.316 e. The van der Waals surface area contributed by atoms with Crippen LogP contribution in [0.5, 0.6) is 0 Å². The van der Waals surface area contributed by atoms with Gasteiger partial charge in [-0.2, -0.15) is 0 Å². The van der Waals surface area contributed by atoms with Crippen LogP contribution in [0.15, 0.2) is 0 Å². The maximum absolute atomic E-state index is 4.60. The second kappa shape index (κ2) is 7.12. The van der Waals surface area contributed by atoms with Gasteiger partial charge in [-0.25, -0.2) is 4.98 Å². The van der Waals surface area contributed by atoms with E-state index in [0.717, 1.165) is 31.3 Å². The lowest BCUT2D eigenvalue weighted by Crippen LogP contribution is -2.22. The highest BCUT2D eigenvalue weighted by Gasteiger charge is 2.08. The van der Waals surface area contributed by atoms with Gasteiger partial charge in [0.25, 0.3) is 0 Å². The van der Waals surface area contributed by atoms with E-state index in [-0.39, 0.29) is 0 Å². The van der Waals surface area contributed by atoms with E-state index in [2.05, 4.69) is 44.9 Å². The molecule has 0 saturated heterocycles. The van der Waals surface area contributed by atoms with Gasteiger partial charge in [0.05, 0.1) is 10.7 Å². The van der Waals surface area contributed by atoms with Crippen LogP contribution in [0.4, 0.5) is 0 Å². The Labute approximate surface area is 110 Å². The minimum absolute atomic E-state index is 0.722. The highest BCUT2D eigenvalue weighted by atomic mass is 32.1. The second-order valence-corrected chi connectivity index (χ2v) is 6.73. The maximum atomic E-state index is 4.60. The van der Waals surface area contributed by atoms with Gasteiger partial charge in [-0.05, 0) is 45.2 Å². The molecule has 1 heterocycles. The fraction of sp³-hybridized carbons (Fsp3) is 0.786. The van der Waals surface area contributed by atoms with Crippen LogP contribution >= 0.6 is 11.3 Å². The van der Waals surface area contributed by atoms with Gasteiger partial charge in [0, 0.05) is 11.3 Å². The monoisotopic (exact) mass is 254 g/mol. The standard InChI is InChI=1S/C14H26N2S/c1-10(2)9-15-7-6-11(3)8-14-16-12(4)13(5)17-14/h10-11,15H,6-9H2,1-5H3. The molecule has 1 aromatic rings. The Morgan fingerprint density at radius 2 is 1.94 bits per heavy atom. The van der Waals surface area contributed by atoms with Gasteiger partial charge in [0.15, 0.2) is 0 Å². The zero-order valence-electron chi connectivity index (χ0n) is 11.8. The first kappa shape index (κ1) is 14.7. The summed E-state index contributed by atoms with van der Waals surface area (Å²) in [7, 11) is 0. The van der Waals surface area contributed by atoms with Gasteiger partial charge >= 0.3 is 0 Å². The smallest absolute Gasteiger partial charge is 0.0933 e. The van der Waals surface area contributed by atoms with Crippen molar-refractivity contribution in [3.05, 3.63) is 15.6 Å². The van der Waals surface area contributed by atoms with E-state index in [1.54, 1.807) is 0 Å². The third-order valence-electron chi connectivity index (χ3n) is 2.96. The molecular weight excluding hydrogens is 228 g/mol. The Morgan fingerprint density at radius 3 is 2.47 bits per heavy atom. The van der Waals surface area contributed by atoms with Gasteiger partial charge in [-0.15, -0.1) is 11.3 Å². The molecule has 0 fully saturated rings. The molecule has 3 heteroatoms. The van der Waals surface area contributed by atoms with Crippen LogP contribution in [0.3, 0.4) is 0 Å². The first-order valence-electron chi connectivity index (χ1n) is 6.62. The van der Waals surface area contributed by atoms with Crippen molar-refractivity contribution in [2.24, 2.45) is 11.8 Å².